The number of rotatable bonds is 4. The highest BCUT2D eigenvalue weighted by Gasteiger charge is 2.26. The van der Waals surface area contributed by atoms with Crippen molar-refractivity contribution >= 4 is 5.97 Å². The summed E-state index contributed by atoms with van der Waals surface area (Å²) in [5, 5.41) is 0. The third kappa shape index (κ3) is 6.66. The minimum Gasteiger partial charge on any atom is -0.459 e. The standard InChI is InChI=1S/C11H20O3/c1-7-9(12)13-8-11(5,6)14-10(2,3)4/h7H,1,8H2,2-6H3. The molecule has 0 aromatic rings. The molecule has 0 fully saturated rings. The fourth-order valence-electron chi connectivity index (χ4n) is 1.16. The van der Waals surface area contributed by atoms with Crippen LogP contribution < -0.4 is 0 Å². The van der Waals surface area contributed by atoms with Crippen molar-refractivity contribution in [1.29, 1.82) is 0 Å². The molecule has 14 heavy (non-hydrogen) atoms. The van der Waals surface area contributed by atoms with Gasteiger partial charge in [0.25, 0.3) is 0 Å². The molecule has 0 aromatic carbocycles. The van der Waals surface area contributed by atoms with Crippen molar-refractivity contribution in [3.8, 4) is 0 Å². The minimum atomic E-state index is -0.475. The zero-order chi connectivity index (χ0) is 11.4. The second-order valence-electron chi connectivity index (χ2n) is 4.79. The van der Waals surface area contributed by atoms with Gasteiger partial charge in [-0.05, 0) is 34.6 Å². The fraction of sp³-hybridized carbons (Fsp3) is 0.727. The summed E-state index contributed by atoms with van der Waals surface area (Å²) in [4.78, 5) is 10.8. The second-order valence-corrected chi connectivity index (χ2v) is 4.79. The Hall–Kier alpha value is -0.830. The van der Waals surface area contributed by atoms with Crippen LogP contribution in [0.4, 0.5) is 0 Å². The predicted octanol–water partition coefficient (Wildman–Crippen LogP) is 2.31. The third-order valence-corrected chi connectivity index (χ3v) is 1.31. The van der Waals surface area contributed by atoms with E-state index in [0.29, 0.717) is 0 Å². The lowest BCUT2D eigenvalue weighted by atomic mass is 10.1. The molecule has 0 aliphatic heterocycles. The van der Waals surface area contributed by atoms with E-state index in [1.54, 1.807) is 0 Å². The quantitative estimate of drug-likeness (QED) is 0.516. The topological polar surface area (TPSA) is 35.5 Å². The van der Waals surface area contributed by atoms with Crippen molar-refractivity contribution in [2.45, 2.75) is 45.8 Å². The van der Waals surface area contributed by atoms with E-state index in [0.717, 1.165) is 6.08 Å². The highest BCUT2D eigenvalue weighted by Crippen LogP contribution is 2.19. The summed E-state index contributed by atoms with van der Waals surface area (Å²) >= 11 is 0. The molecule has 0 aliphatic carbocycles. The summed E-state index contributed by atoms with van der Waals surface area (Å²) in [7, 11) is 0. The summed E-state index contributed by atoms with van der Waals surface area (Å²) in [6.45, 7) is 13.2. The highest BCUT2D eigenvalue weighted by atomic mass is 16.6. The van der Waals surface area contributed by atoms with Gasteiger partial charge >= 0.3 is 5.97 Å². The second kappa shape index (κ2) is 4.60. The largest absolute Gasteiger partial charge is 0.459 e. The lowest BCUT2D eigenvalue weighted by Gasteiger charge is -2.33. The van der Waals surface area contributed by atoms with Crippen LogP contribution in [-0.2, 0) is 14.3 Å². The molecule has 0 atom stereocenters. The molecular weight excluding hydrogens is 180 g/mol. The molecule has 0 amide bonds. The smallest absolute Gasteiger partial charge is 0.330 e. The average molecular weight is 200 g/mol. The van der Waals surface area contributed by atoms with E-state index < -0.39 is 11.6 Å². The maximum absolute atomic E-state index is 10.8. The first-order valence-electron chi connectivity index (χ1n) is 4.66. The van der Waals surface area contributed by atoms with Crippen LogP contribution in [0.3, 0.4) is 0 Å². The number of esters is 1. The summed E-state index contributed by atoms with van der Waals surface area (Å²) < 4.78 is 10.6. The number of carbonyl (C=O) groups excluding carboxylic acids is 1. The van der Waals surface area contributed by atoms with Crippen LogP contribution in [0.2, 0.25) is 0 Å². The zero-order valence-corrected chi connectivity index (χ0v) is 9.72. The first-order chi connectivity index (χ1) is 6.16. The lowest BCUT2D eigenvalue weighted by Crippen LogP contribution is -2.39. The summed E-state index contributed by atoms with van der Waals surface area (Å²) in [5.74, 6) is -0.421. The van der Waals surface area contributed by atoms with Crippen LogP contribution in [-0.4, -0.2) is 23.8 Å². The third-order valence-electron chi connectivity index (χ3n) is 1.31. The van der Waals surface area contributed by atoms with Crippen LogP contribution in [0.5, 0.6) is 0 Å². The van der Waals surface area contributed by atoms with Gasteiger partial charge in [-0.1, -0.05) is 6.58 Å². The van der Waals surface area contributed by atoms with Crippen molar-refractivity contribution in [2.75, 3.05) is 6.61 Å². The molecule has 0 N–H and O–H groups in total. The zero-order valence-electron chi connectivity index (χ0n) is 9.72. The number of hydrogen-bond acceptors (Lipinski definition) is 3. The molecule has 3 nitrogen and oxygen atoms in total. The van der Waals surface area contributed by atoms with Crippen LogP contribution in [0.1, 0.15) is 34.6 Å². The predicted molar refractivity (Wildman–Crippen MR) is 56.1 cm³/mol. The van der Waals surface area contributed by atoms with Gasteiger partial charge in [0, 0.05) is 6.08 Å². The van der Waals surface area contributed by atoms with E-state index in [1.165, 1.54) is 0 Å². The average Bonchev–Trinajstić information content (AvgIpc) is 1.96. The van der Waals surface area contributed by atoms with E-state index >= 15 is 0 Å². The molecule has 0 rings (SSSR count). The molecule has 0 unspecified atom stereocenters. The van der Waals surface area contributed by atoms with Gasteiger partial charge in [-0.25, -0.2) is 4.79 Å². The summed E-state index contributed by atoms with van der Waals surface area (Å²) in [6, 6.07) is 0. The van der Waals surface area contributed by atoms with Crippen molar-refractivity contribution in [3.63, 3.8) is 0 Å². The van der Waals surface area contributed by atoms with Gasteiger partial charge in [-0.3, -0.25) is 0 Å². The van der Waals surface area contributed by atoms with Gasteiger partial charge in [-0.15, -0.1) is 0 Å². The van der Waals surface area contributed by atoms with Gasteiger partial charge in [0.15, 0.2) is 0 Å². The van der Waals surface area contributed by atoms with Crippen LogP contribution >= 0.6 is 0 Å². The molecule has 0 saturated heterocycles. The molecule has 0 bridgehead atoms. The Bertz CT molecular complexity index is 211. The molecule has 3 heteroatoms. The molecule has 0 saturated carbocycles. The van der Waals surface area contributed by atoms with E-state index in [2.05, 4.69) is 6.58 Å². The van der Waals surface area contributed by atoms with Crippen molar-refractivity contribution < 1.29 is 14.3 Å². The number of hydrogen-bond donors (Lipinski definition) is 0. The first kappa shape index (κ1) is 13.2. The maximum atomic E-state index is 10.8. The Morgan fingerprint density at radius 3 is 2.14 bits per heavy atom. The first-order valence-corrected chi connectivity index (χ1v) is 4.66. The SMILES string of the molecule is C=CC(=O)OCC(C)(C)OC(C)(C)C. The van der Waals surface area contributed by atoms with Gasteiger partial charge in [0.1, 0.15) is 6.61 Å². The Labute approximate surface area is 86.1 Å². The Kier molecular flexibility index (Phi) is 4.33. The normalized spacial score (nSPS) is 12.4. The van der Waals surface area contributed by atoms with E-state index in [1.807, 2.05) is 34.6 Å². The maximum Gasteiger partial charge on any atom is 0.330 e. The monoisotopic (exact) mass is 200 g/mol. The van der Waals surface area contributed by atoms with Crippen molar-refractivity contribution in [3.05, 3.63) is 12.7 Å². The molecular formula is C11H20O3. The Balaban J connectivity index is 4.08. The number of ether oxygens (including phenoxy) is 2. The van der Waals surface area contributed by atoms with Gasteiger partial charge < -0.3 is 9.47 Å². The number of carbonyl (C=O) groups is 1. The van der Waals surface area contributed by atoms with Crippen LogP contribution in [0, 0.1) is 0 Å². The molecule has 82 valence electrons. The van der Waals surface area contributed by atoms with E-state index in [9.17, 15) is 4.79 Å². The molecule has 0 aliphatic rings. The van der Waals surface area contributed by atoms with Gasteiger partial charge in [-0.2, -0.15) is 0 Å². The lowest BCUT2D eigenvalue weighted by molar-refractivity contribution is -0.162. The molecule has 0 heterocycles. The summed E-state index contributed by atoms with van der Waals surface area (Å²) in [6.07, 6.45) is 1.15. The highest BCUT2D eigenvalue weighted by molar-refractivity contribution is 5.81. The van der Waals surface area contributed by atoms with Gasteiger partial charge in [0.05, 0.1) is 11.2 Å². The Morgan fingerprint density at radius 1 is 1.29 bits per heavy atom. The molecule has 0 radical (unpaired) electrons. The van der Waals surface area contributed by atoms with Crippen LogP contribution in [0.25, 0.3) is 0 Å². The van der Waals surface area contributed by atoms with Crippen molar-refractivity contribution in [2.24, 2.45) is 0 Å². The van der Waals surface area contributed by atoms with Crippen molar-refractivity contribution in [1.82, 2.24) is 0 Å². The van der Waals surface area contributed by atoms with E-state index in [4.69, 9.17) is 9.47 Å². The Morgan fingerprint density at radius 2 is 1.79 bits per heavy atom. The fourth-order valence-corrected chi connectivity index (χ4v) is 1.16. The summed E-state index contributed by atoms with van der Waals surface area (Å²) in [5.41, 5.74) is -0.721. The van der Waals surface area contributed by atoms with Gasteiger partial charge in [0.2, 0.25) is 0 Å². The minimum absolute atomic E-state index is 0.231. The molecule has 0 spiro atoms. The molecule has 0 aromatic heterocycles. The van der Waals surface area contributed by atoms with Crippen LogP contribution in [0.15, 0.2) is 12.7 Å². The van der Waals surface area contributed by atoms with E-state index in [-0.39, 0.29) is 12.2 Å².